The first-order chi connectivity index (χ1) is 9.67. The molecule has 2 heterocycles. The summed E-state index contributed by atoms with van der Waals surface area (Å²) < 4.78 is 5.49. The van der Waals surface area contributed by atoms with Crippen molar-refractivity contribution in [3.8, 4) is 6.01 Å². The molecule has 1 aliphatic heterocycles. The van der Waals surface area contributed by atoms with Crippen molar-refractivity contribution in [2.45, 2.75) is 44.5 Å². The Balaban J connectivity index is 1.98. The van der Waals surface area contributed by atoms with Gasteiger partial charge in [0.1, 0.15) is 0 Å². The molecule has 1 aliphatic rings. The lowest BCUT2D eigenvalue weighted by molar-refractivity contribution is 0.222. The number of nitrogens with zero attached hydrogens (tertiary/aromatic N) is 3. The van der Waals surface area contributed by atoms with Crippen molar-refractivity contribution in [1.29, 1.82) is 0 Å². The van der Waals surface area contributed by atoms with Crippen LogP contribution in [0.4, 0.5) is 11.9 Å². The van der Waals surface area contributed by atoms with Crippen LogP contribution in [0.2, 0.25) is 0 Å². The molecule has 1 saturated heterocycles. The minimum atomic E-state index is 0.00442. The van der Waals surface area contributed by atoms with Gasteiger partial charge in [0.2, 0.25) is 11.9 Å². The average Bonchev–Trinajstić information content (AvgIpc) is 2.45. The molecule has 7 nitrogen and oxygen atoms in total. The zero-order valence-corrected chi connectivity index (χ0v) is 12.7. The number of ether oxygens (including phenoxy) is 1. The fourth-order valence-electron chi connectivity index (χ4n) is 1.94. The molecule has 0 bridgehead atoms. The van der Waals surface area contributed by atoms with Crippen molar-refractivity contribution in [1.82, 2.24) is 15.0 Å². The summed E-state index contributed by atoms with van der Waals surface area (Å²) in [4.78, 5) is 12.5. The highest BCUT2D eigenvalue weighted by atomic mass is 32.2. The molecule has 4 N–H and O–H groups in total. The summed E-state index contributed by atoms with van der Waals surface area (Å²) in [5.74, 6) is 7.40. The number of anilines is 2. The molecule has 0 spiro atoms. The van der Waals surface area contributed by atoms with Gasteiger partial charge in [-0.25, -0.2) is 5.84 Å². The van der Waals surface area contributed by atoms with E-state index in [0.717, 1.165) is 6.54 Å². The summed E-state index contributed by atoms with van der Waals surface area (Å²) in [7, 11) is 0. The second kappa shape index (κ2) is 7.49. The number of hydrogen-bond acceptors (Lipinski definition) is 8. The summed E-state index contributed by atoms with van der Waals surface area (Å²) in [6, 6.07) is 0.279. The lowest BCUT2D eigenvalue weighted by atomic mass is 10.2. The molecule has 112 valence electrons. The highest BCUT2D eigenvalue weighted by Gasteiger charge is 2.15. The lowest BCUT2D eigenvalue weighted by Crippen LogP contribution is -2.22. The van der Waals surface area contributed by atoms with E-state index in [-0.39, 0.29) is 12.1 Å². The molecule has 2 rings (SSSR count). The van der Waals surface area contributed by atoms with E-state index in [1.54, 1.807) is 0 Å². The van der Waals surface area contributed by atoms with Crippen LogP contribution in [0.15, 0.2) is 0 Å². The van der Waals surface area contributed by atoms with Gasteiger partial charge in [-0.2, -0.15) is 26.7 Å². The Hall–Kier alpha value is -1.28. The van der Waals surface area contributed by atoms with Gasteiger partial charge in [-0.15, -0.1) is 0 Å². The van der Waals surface area contributed by atoms with Crippen LogP contribution < -0.4 is 21.3 Å². The van der Waals surface area contributed by atoms with Gasteiger partial charge in [-0.05, 0) is 32.4 Å². The molecule has 1 aromatic rings. The second-order valence-electron chi connectivity index (χ2n) is 4.95. The monoisotopic (exact) mass is 298 g/mol. The number of thioether (sulfide) groups is 1. The van der Waals surface area contributed by atoms with Crippen molar-refractivity contribution in [3.63, 3.8) is 0 Å². The van der Waals surface area contributed by atoms with E-state index in [1.165, 1.54) is 25.0 Å². The smallest absolute Gasteiger partial charge is 0.323 e. The van der Waals surface area contributed by atoms with Crippen molar-refractivity contribution in [2.24, 2.45) is 5.84 Å². The van der Waals surface area contributed by atoms with E-state index in [2.05, 4.69) is 25.7 Å². The molecule has 1 unspecified atom stereocenters. The van der Waals surface area contributed by atoms with Crippen LogP contribution in [0, 0.1) is 0 Å². The number of nitrogen functional groups attached to an aromatic ring is 1. The van der Waals surface area contributed by atoms with E-state index in [0.29, 0.717) is 17.1 Å². The summed E-state index contributed by atoms with van der Waals surface area (Å²) in [5.41, 5.74) is 2.43. The van der Waals surface area contributed by atoms with Crippen molar-refractivity contribution < 1.29 is 4.74 Å². The summed E-state index contributed by atoms with van der Waals surface area (Å²) in [6.07, 6.45) is 3.86. The predicted octanol–water partition coefficient (Wildman–Crippen LogP) is 1.64. The van der Waals surface area contributed by atoms with E-state index in [1.807, 2.05) is 25.6 Å². The maximum absolute atomic E-state index is 5.49. The molecule has 0 aliphatic carbocycles. The molecule has 1 aromatic heterocycles. The lowest BCUT2D eigenvalue weighted by Gasteiger charge is -2.21. The number of nitrogens with one attached hydrogen (secondary N) is 2. The highest BCUT2D eigenvalue weighted by Crippen LogP contribution is 2.25. The zero-order valence-electron chi connectivity index (χ0n) is 11.9. The first-order valence-corrected chi connectivity index (χ1v) is 7.97. The fourth-order valence-corrected chi connectivity index (χ4v) is 3.18. The molecule has 8 heteroatoms. The Labute approximate surface area is 123 Å². The minimum Gasteiger partial charge on any atom is -0.461 e. The molecule has 0 aromatic carbocycles. The summed E-state index contributed by atoms with van der Waals surface area (Å²) in [5, 5.41) is 3.86. The Morgan fingerprint density at radius 1 is 1.30 bits per heavy atom. The Bertz CT molecular complexity index is 424. The first kappa shape index (κ1) is 15.1. The third kappa shape index (κ3) is 4.68. The highest BCUT2D eigenvalue weighted by molar-refractivity contribution is 7.99. The van der Waals surface area contributed by atoms with Crippen LogP contribution in [0.3, 0.4) is 0 Å². The Morgan fingerprint density at radius 3 is 2.75 bits per heavy atom. The summed E-state index contributed by atoms with van der Waals surface area (Å²) >= 11 is 2.00. The first-order valence-electron chi connectivity index (χ1n) is 6.92. The van der Waals surface area contributed by atoms with Gasteiger partial charge < -0.3 is 10.1 Å². The van der Waals surface area contributed by atoms with Crippen LogP contribution in [-0.4, -0.2) is 38.6 Å². The van der Waals surface area contributed by atoms with E-state index in [4.69, 9.17) is 10.6 Å². The number of rotatable bonds is 6. The normalized spacial score (nSPS) is 18.9. The van der Waals surface area contributed by atoms with Crippen LogP contribution in [0.25, 0.3) is 0 Å². The van der Waals surface area contributed by atoms with Gasteiger partial charge in [-0.3, -0.25) is 5.43 Å². The Kier molecular flexibility index (Phi) is 5.66. The van der Waals surface area contributed by atoms with Gasteiger partial charge in [0.25, 0.3) is 0 Å². The summed E-state index contributed by atoms with van der Waals surface area (Å²) in [6.45, 7) is 4.69. The average molecular weight is 298 g/mol. The van der Waals surface area contributed by atoms with Gasteiger partial charge in [0.15, 0.2) is 0 Å². The number of hydrazine groups is 1. The SMILES string of the molecule is CC(C)Oc1nc(NN)nc(NCC2CCCCS2)n1. The van der Waals surface area contributed by atoms with Crippen LogP contribution >= 0.6 is 11.8 Å². The molecular weight excluding hydrogens is 276 g/mol. The van der Waals surface area contributed by atoms with E-state index < -0.39 is 0 Å². The molecule has 0 amide bonds. The number of hydrogen-bond donors (Lipinski definition) is 3. The molecule has 0 saturated carbocycles. The van der Waals surface area contributed by atoms with Crippen LogP contribution in [0.5, 0.6) is 6.01 Å². The largest absolute Gasteiger partial charge is 0.461 e. The quantitative estimate of drug-likeness (QED) is 0.538. The van der Waals surface area contributed by atoms with Gasteiger partial charge in [-0.1, -0.05) is 6.42 Å². The van der Waals surface area contributed by atoms with Crippen molar-refractivity contribution in [3.05, 3.63) is 0 Å². The fraction of sp³-hybridized carbons (Fsp3) is 0.750. The molecule has 0 radical (unpaired) electrons. The minimum absolute atomic E-state index is 0.00442. The Morgan fingerprint density at radius 2 is 2.10 bits per heavy atom. The number of aromatic nitrogens is 3. The molecule has 1 fully saturated rings. The van der Waals surface area contributed by atoms with E-state index in [9.17, 15) is 0 Å². The third-order valence-corrected chi connectivity index (χ3v) is 4.25. The predicted molar refractivity (Wildman–Crippen MR) is 82.0 cm³/mol. The number of nitrogens with two attached hydrogens (primary N) is 1. The van der Waals surface area contributed by atoms with Crippen LogP contribution in [0.1, 0.15) is 33.1 Å². The van der Waals surface area contributed by atoms with Gasteiger partial charge >= 0.3 is 6.01 Å². The van der Waals surface area contributed by atoms with Crippen molar-refractivity contribution >= 4 is 23.7 Å². The van der Waals surface area contributed by atoms with Crippen LogP contribution in [-0.2, 0) is 0 Å². The topological polar surface area (TPSA) is 98.0 Å². The molecular formula is C12H22N6OS. The standard InChI is InChI=1S/C12H22N6OS/c1-8(2)19-12-16-10(15-11(17-12)18-13)14-7-9-5-3-4-6-20-9/h8-9H,3-7,13H2,1-2H3,(H2,14,15,16,17,18). The zero-order chi connectivity index (χ0) is 14.4. The maximum atomic E-state index is 5.49. The molecule has 20 heavy (non-hydrogen) atoms. The van der Waals surface area contributed by atoms with Gasteiger partial charge in [0, 0.05) is 11.8 Å². The molecule has 1 atom stereocenters. The second-order valence-corrected chi connectivity index (χ2v) is 6.35. The maximum Gasteiger partial charge on any atom is 0.323 e. The third-order valence-electron chi connectivity index (χ3n) is 2.85. The van der Waals surface area contributed by atoms with Gasteiger partial charge in [0.05, 0.1) is 6.10 Å². The van der Waals surface area contributed by atoms with E-state index >= 15 is 0 Å². The van der Waals surface area contributed by atoms with Crippen molar-refractivity contribution in [2.75, 3.05) is 23.0 Å².